The second kappa shape index (κ2) is 4.48. The molecule has 2 heterocycles. The number of piperazine rings is 1. The third kappa shape index (κ3) is 1.87. The smallest absolute Gasteiger partial charge is 0.114 e. The molecule has 4 heteroatoms. The van der Waals surface area contributed by atoms with Crippen molar-refractivity contribution in [1.29, 1.82) is 5.26 Å². The Morgan fingerprint density at radius 1 is 1.27 bits per heavy atom. The Kier molecular flexibility index (Phi) is 3.25. The van der Waals surface area contributed by atoms with E-state index in [9.17, 15) is 5.26 Å². The minimum Gasteiger partial charge on any atom is -0.316 e. The van der Waals surface area contributed by atoms with Gasteiger partial charge < -0.3 is 10.6 Å². The summed E-state index contributed by atoms with van der Waals surface area (Å²) in [6.45, 7) is 8.19. The lowest BCUT2D eigenvalue weighted by Crippen LogP contribution is -2.62. The molecule has 2 aliphatic rings. The van der Waals surface area contributed by atoms with Crippen LogP contribution in [0.4, 0.5) is 0 Å². The molecule has 0 aromatic heterocycles. The molecule has 0 aromatic carbocycles. The Bertz CT molecular complexity index is 254. The fourth-order valence-corrected chi connectivity index (χ4v) is 2.78. The van der Waals surface area contributed by atoms with Crippen molar-refractivity contribution < 1.29 is 0 Å². The van der Waals surface area contributed by atoms with E-state index in [1.807, 2.05) is 0 Å². The van der Waals surface area contributed by atoms with Crippen molar-refractivity contribution in [2.24, 2.45) is 5.92 Å². The van der Waals surface area contributed by atoms with Gasteiger partial charge in [-0.05, 0) is 13.0 Å². The molecule has 0 spiro atoms. The van der Waals surface area contributed by atoms with Crippen LogP contribution in [-0.2, 0) is 0 Å². The molecule has 2 aliphatic heterocycles. The van der Waals surface area contributed by atoms with Gasteiger partial charge in [0, 0.05) is 38.6 Å². The quantitative estimate of drug-likeness (QED) is 0.626. The van der Waals surface area contributed by atoms with E-state index in [1.165, 1.54) is 0 Å². The summed E-state index contributed by atoms with van der Waals surface area (Å²) < 4.78 is 0. The molecule has 2 unspecified atom stereocenters. The zero-order chi connectivity index (χ0) is 10.7. The van der Waals surface area contributed by atoms with E-state index in [2.05, 4.69) is 28.5 Å². The van der Waals surface area contributed by atoms with Gasteiger partial charge in [-0.15, -0.1) is 0 Å². The number of piperidine rings is 1. The van der Waals surface area contributed by atoms with Crippen molar-refractivity contribution in [3.63, 3.8) is 0 Å². The molecule has 2 fully saturated rings. The largest absolute Gasteiger partial charge is 0.316 e. The van der Waals surface area contributed by atoms with E-state index in [0.717, 1.165) is 45.7 Å². The van der Waals surface area contributed by atoms with Crippen molar-refractivity contribution in [3.05, 3.63) is 0 Å². The zero-order valence-corrected chi connectivity index (χ0v) is 9.42. The van der Waals surface area contributed by atoms with Gasteiger partial charge in [-0.1, -0.05) is 6.92 Å². The summed E-state index contributed by atoms with van der Waals surface area (Å²) >= 11 is 0. The molecule has 0 amide bonds. The Hall–Kier alpha value is -0.630. The number of nitrogens with one attached hydrogen (secondary N) is 2. The molecular weight excluding hydrogens is 188 g/mol. The molecule has 0 aliphatic carbocycles. The molecule has 4 nitrogen and oxygen atoms in total. The van der Waals surface area contributed by atoms with E-state index < -0.39 is 0 Å². The minimum atomic E-state index is -0.215. The number of nitrogens with zero attached hydrogens (tertiary/aromatic N) is 2. The third-order valence-electron chi connectivity index (χ3n) is 3.82. The van der Waals surface area contributed by atoms with Crippen LogP contribution in [-0.4, -0.2) is 49.7 Å². The lowest BCUT2D eigenvalue weighted by atomic mass is 9.79. The van der Waals surface area contributed by atoms with Crippen molar-refractivity contribution >= 4 is 0 Å². The molecule has 0 bridgehead atoms. The van der Waals surface area contributed by atoms with E-state index in [1.54, 1.807) is 0 Å². The first-order valence-electron chi connectivity index (χ1n) is 5.87. The second-order valence-electron chi connectivity index (χ2n) is 4.63. The van der Waals surface area contributed by atoms with Crippen molar-refractivity contribution in [3.8, 4) is 6.07 Å². The topological polar surface area (TPSA) is 51.1 Å². The minimum absolute atomic E-state index is 0.215. The van der Waals surface area contributed by atoms with Crippen LogP contribution < -0.4 is 10.6 Å². The van der Waals surface area contributed by atoms with Gasteiger partial charge >= 0.3 is 0 Å². The predicted octanol–water partition coefficient (Wildman–Crippen LogP) is -0.217. The second-order valence-corrected chi connectivity index (χ2v) is 4.63. The maximum absolute atomic E-state index is 9.52. The summed E-state index contributed by atoms with van der Waals surface area (Å²) in [4.78, 5) is 2.38. The van der Waals surface area contributed by atoms with Crippen molar-refractivity contribution in [1.82, 2.24) is 15.5 Å². The normalized spacial score (nSPS) is 38.5. The maximum atomic E-state index is 9.52. The van der Waals surface area contributed by atoms with Crippen LogP contribution in [0.15, 0.2) is 0 Å². The third-order valence-corrected chi connectivity index (χ3v) is 3.82. The van der Waals surface area contributed by atoms with Crippen LogP contribution in [0.1, 0.15) is 13.3 Å². The van der Waals surface area contributed by atoms with Gasteiger partial charge in [0.15, 0.2) is 0 Å². The summed E-state index contributed by atoms with van der Waals surface area (Å²) in [5.74, 6) is 0.425. The lowest BCUT2D eigenvalue weighted by molar-refractivity contribution is 0.0502. The molecule has 2 N–H and O–H groups in total. The monoisotopic (exact) mass is 208 g/mol. The first-order valence-corrected chi connectivity index (χ1v) is 5.87. The Balaban J connectivity index is 2.15. The summed E-state index contributed by atoms with van der Waals surface area (Å²) in [6, 6.07) is 2.60. The Labute approximate surface area is 91.6 Å². The highest BCUT2D eigenvalue weighted by molar-refractivity contribution is 5.14. The molecule has 0 radical (unpaired) electrons. The summed E-state index contributed by atoms with van der Waals surface area (Å²) in [5, 5.41) is 16.2. The molecule has 0 saturated carbocycles. The van der Waals surface area contributed by atoms with Gasteiger partial charge in [0.2, 0.25) is 0 Å². The number of rotatable bonds is 1. The zero-order valence-electron chi connectivity index (χ0n) is 9.42. The van der Waals surface area contributed by atoms with Gasteiger partial charge in [-0.25, -0.2) is 0 Å². The summed E-state index contributed by atoms with van der Waals surface area (Å²) in [6.07, 6.45) is 0.963. The van der Waals surface area contributed by atoms with Gasteiger partial charge in [-0.3, -0.25) is 4.90 Å². The number of hydrogen-bond donors (Lipinski definition) is 2. The number of nitriles is 1. The highest BCUT2D eigenvalue weighted by Crippen LogP contribution is 2.30. The van der Waals surface area contributed by atoms with E-state index in [0.29, 0.717) is 5.92 Å². The van der Waals surface area contributed by atoms with E-state index in [4.69, 9.17) is 0 Å². The first-order chi connectivity index (χ1) is 7.29. The summed E-state index contributed by atoms with van der Waals surface area (Å²) in [5.41, 5.74) is -0.215. The average molecular weight is 208 g/mol. The fraction of sp³-hybridized carbons (Fsp3) is 0.909. The van der Waals surface area contributed by atoms with Crippen LogP contribution >= 0.6 is 0 Å². The first kappa shape index (κ1) is 10.9. The van der Waals surface area contributed by atoms with E-state index >= 15 is 0 Å². The molecular formula is C11H20N4. The van der Waals surface area contributed by atoms with E-state index in [-0.39, 0.29) is 5.54 Å². The van der Waals surface area contributed by atoms with Gasteiger partial charge in [0.25, 0.3) is 0 Å². The summed E-state index contributed by atoms with van der Waals surface area (Å²) in [7, 11) is 0. The predicted molar refractivity (Wildman–Crippen MR) is 59.4 cm³/mol. The van der Waals surface area contributed by atoms with Gasteiger partial charge in [-0.2, -0.15) is 5.26 Å². The van der Waals surface area contributed by atoms with Crippen molar-refractivity contribution in [2.45, 2.75) is 18.9 Å². The molecule has 2 rings (SSSR count). The Morgan fingerprint density at radius 2 is 2.00 bits per heavy atom. The highest BCUT2D eigenvalue weighted by Gasteiger charge is 2.43. The van der Waals surface area contributed by atoms with Crippen LogP contribution in [0.3, 0.4) is 0 Å². The fourth-order valence-electron chi connectivity index (χ4n) is 2.78. The standard InChI is InChI=1S/C11H20N4/c1-10-8-14-3-2-11(10,9-12)15-6-4-13-5-7-15/h10,13-14H,2-8H2,1H3. The SMILES string of the molecule is CC1CNCCC1(C#N)N1CCNCC1. The van der Waals surface area contributed by atoms with Gasteiger partial charge in [0.1, 0.15) is 5.54 Å². The van der Waals surface area contributed by atoms with Crippen molar-refractivity contribution in [2.75, 3.05) is 39.3 Å². The molecule has 15 heavy (non-hydrogen) atoms. The Morgan fingerprint density at radius 3 is 2.60 bits per heavy atom. The molecule has 2 atom stereocenters. The maximum Gasteiger partial charge on any atom is 0.114 e. The van der Waals surface area contributed by atoms with Crippen LogP contribution in [0.5, 0.6) is 0 Å². The highest BCUT2D eigenvalue weighted by atomic mass is 15.3. The van der Waals surface area contributed by atoms with Crippen LogP contribution in [0, 0.1) is 17.2 Å². The van der Waals surface area contributed by atoms with Gasteiger partial charge in [0.05, 0.1) is 6.07 Å². The number of hydrogen-bond acceptors (Lipinski definition) is 4. The molecule has 0 aromatic rings. The molecule has 84 valence electrons. The van der Waals surface area contributed by atoms with Crippen LogP contribution in [0.25, 0.3) is 0 Å². The average Bonchev–Trinajstić information content (AvgIpc) is 2.31. The molecule has 2 saturated heterocycles. The van der Waals surface area contributed by atoms with Crippen LogP contribution in [0.2, 0.25) is 0 Å². The lowest BCUT2D eigenvalue weighted by Gasteiger charge is -2.47.